The van der Waals surface area contributed by atoms with E-state index in [1.54, 1.807) is 25.1 Å². The van der Waals surface area contributed by atoms with Crippen molar-refractivity contribution in [1.29, 1.82) is 0 Å². The molecule has 0 aliphatic carbocycles. The maximum Gasteiger partial charge on any atom is 0.340 e. The number of amides is 1. The van der Waals surface area contributed by atoms with Crippen molar-refractivity contribution >= 4 is 23.3 Å². The van der Waals surface area contributed by atoms with E-state index in [9.17, 15) is 9.59 Å². The topological polar surface area (TPSA) is 93.5 Å². The first-order chi connectivity index (χ1) is 9.49. The lowest BCUT2D eigenvalue weighted by atomic mass is 10.1. The minimum atomic E-state index is -0.505. The van der Waals surface area contributed by atoms with E-state index in [1.165, 1.54) is 7.11 Å². The number of carbonyl (C=O) groups is 2. The van der Waals surface area contributed by atoms with E-state index in [-0.39, 0.29) is 11.5 Å². The van der Waals surface area contributed by atoms with Crippen LogP contribution >= 0.6 is 0 Å². The Labute approximate surface area is 118 Å². The first-order valence-corrected chi connectivity index (χ1v) is 6.51. The van der Waals surface area contributed by atoms with Crippen LogP contribution in [0, 0.1) is 0 Å². The summed E-state index contributed by atoms with van der Waals surface area (Å²) in [6.45, 7) is 4.38. The second-order valence-electron chi connectivity index (χ2n) is 4.45. The highest BCUT2D eigenvalue weighted by Crippen LogP contribution is 2.19. The van der Waals surface area contributed by atoms with Gasteiger partial charge in [0.2, 0.25) is 5.91 Å². The van der Waals surface area contributed by atoms with Crippen LogP contribution in [-0.2, 0) is 9.53 Å². The van der Waals surface area contributed by atoms with Crippen LogP contribution in [0.4, 0.5) is 11.4 Å². The molecule has 0 radical (unpaired) electrons. The maximum absolute atomic E-state index is 11.8. The van der Waals surface area contributed by atoms with Crippen LogP contribution < -0.4 is 16.4 Å². The molecule has 1 aromatic rings. The van der Waals surface area contributed by atoms with E-state index in [0.29, 0.717) is 17.9 Å². The zero-order valence-corrected chi connectivity index (χ0v) is 12.0. The molecule has 1 amide bonds. The van der Waals surface area contributed by atoms with Gasteiger partial charge in [0.05, 0.1) is 12.7 Å². The quantitative estimate of drug-likeness (QED) is 0.540. The SMILES string of the molecule is CCCNC(=O)C(C)Nc1ccc(N)c(C(=O)OC)c1. The monoisotopic (exact) mass is 279 g/mol. The number of anilines is 2. The number of nitrogen functional groups attached to an aromatic ring is 1. The molecule has 0 heterocycles. The van der Waals surface area contributed by atoms with Gasteiger partial charge >= 0.3 is 5.97 Å². The molecule has 1 atom stereocenters. The van der Waals surface area contributed by atoms with E-state index in [1.807, 2.05) is 6.92 Å². The molecule has 0 saturated heterocycles. The fourth-order valence-electron chi connectivity index (χ4n) is 1.65. The lowest BCUT2D eigenvalue weighted by Gasteiger charge is -2.16. The number of hydrogen-bond donors (Lipinski definition) is 3. The summed E-state index contributed by atoms with van der Waals surface area (Å²) in [4.78, 5) is 23.3. The van der Waals surface area contributed by atoms with Gasteiger partial charge in [0.15, 0.2) is 0 Å². The van der Waals surface area contributed by atoms with E-state index in [0.717, 1.165) is 6.42 Å². The molecule has 0 aromatic heterocycles. The van der Waals surface area contributed by atoms with Crippen LogP contribution in [0.15, 0.2) is 18.2 Å². The van der Waals surface area contributed by atoms with Crippen molar-refractivity contribution in [2.75, 3.05) is 24.7 Å². The summed E-state index contributed by atoms with van der Waals surface area (Å²) < 4.78 is 4.65. The smallest absolute Gasteiger partial charge is 0.340 e. The molecular weight excluding hydrogens is 258 g/mol. The summed E-state index contributed by atoms with van der Waals surface area (Å²) in [5.41, 5.74) is 6.97. The van der Waals surface area contributed by atoms with Gasteiger partial charge in [-0.1, -0.05) is 6.92 Å². The molecule has 0 aliphatic rings. The van der Waals surface area contributed by atoms with Gasteiger partial charge in [-0.05, 0) is 31.5 Å². The summed E-state index contributed by atoms with van der Waals surface area (Å²) >= 11 is 0. The molecule has 6 heteroatoms. The highest BCUT2D eigenvalue weighted by molar-refractivity contribution is 5.96. The molecule has 0 fully saturated rings. The minimum absolute atomic E-state index is 0.0942. The molecule has 6 nitrogen and oxygen atoms in total. The van der Waals surface area contributed by atoms with Crippen molar-refractivity contribution in [3.63, 3.8) is 0 Å². The Balaban J connectivity index is 2.77. The Morgan fingerprint density at radius 1 is 1.40 bits per heavy atom. The Kier molecular flexibility index (Phi) is 5.83. The summed E-state index contributed by atoms with van der Waals surface area (Å²) in [7, 11) is 1.29. The van der Waals surface area contributed by atoms with Gasteiger partial charge in [0.25, 0.3) is 0 Å². The number of methoxy groups -OCH3 is 1. The molecule has 0 spiro atoms. The van der Waals surface area contributed by atoms with Gasteiger partial charge in [-0.3, -0.25) is 4.79 Å². The van der Waals surface area contributed by atoms with Crippen molar-refractivity contribution in [3.8, 4) is 0 Å². The summed E-state index contributed by atoms with van der Waals surface area (Å²) in [6.07, 6.45) is 0.882. The van der Waals surface area contributed by atoms with Crippen LogP contribution in [0.3, 0.4) is 0 Å². The van der Waals surface area contributed by atoms with Crippen molar-refractivity contribution in [2.24, 2.45) is 0 Å². The zero-order valence-electron chi connectivity index (χ0n) is 12.0. The third-order valence-corrected chi connectivity index (χ3v) is 2.78. The molecule has 1 unspecified atom stereocenters. The number of nitrogens with two attached hydrogens (primary N) is 1. The van der Waals surface area contributed by atoms with E-state index < -0.39 is 12.0 Å². The zero-order chi connectivity index (χ0) is 15.1. The van der Waals surface area contributed by atoms with Crippen LogP contribution in [0.1, 0.15) is 30.6 Å². The molecule has 1 rings (SSSR count). The van der Waals surface area contributed by atoms with E-state index in [2.05, 4.69) is 15.4 Å². The summed E-state index contributed by atoms with van der Waals surface area (Å²) in [5, 5.41) is 5.82. The summed E-state index contributed by atoms with van der Waals surface area (Å²) in [5.74, 6) is -0.600. The van der Waals surface area contributed by atoms with Gasteiger partial charge in [-0.2, -0.15) is 0 Å². The standard InChI is InChI=1S/C14H21N3O3/c1-4-7-16-13(18)9(2)17-10-5-6-12(15)11(8-10)14(19)20-3/h5-6,8-9,17H,4,7,15H2,1-3H3,(H,16,18). The highest BCUT2D eigenvalue weighted by atomic mass is 16.5. The van der Waals surface area contributed by atoms with Gasteiger partial charge in [0, 0.05) is 17.9 Å². The molecule has 0 bridgehead atoms. The fourth-order valence-corrected chi connectivity index (χ4v) is 1.65. The molecule has 110 valence electrons. The third-order valence-electron chi connectivity index (χ3n) is 2.78. The Bertz CT molecular complexity index is 489. The highest BCUT2D eigenvalue weighted by Gasteiger charge is 2.14. The predicted octanol–water partition coefficient (Wildman–Crippen LogP) is 1.38. The molecular formula is C14H21N3O3. The third kappa shape index (κ3) is 4.15. The first kappa shape index (κ1) is 15.8. The number of carbonyl (C=O) groups excluding carboxylic acids is 2. The molecule has 4 N–H and O–H groups in total. The lowest BCUT2D eigenvalue weighted by molar-refractivity contribution is -0.121. The Hall–Kier alpha value is -2.24. The van der Waals surface area contributed by atoms with Crippen molar-refractivity contribution in [3.05, 3.63) is 23.8 Å². The molecule has 0 aliphatic heterocycles. The molecule has 0 saturated carbocycles. The maximum atomic E-state index is 11.8. The average Bonchev–Trinajstić information content (AvgIpc) is 2.45. The average molecular weight is 279 g/mol. The Morgan fingerprint density at radius 2 is 2.10 bits per heavy atom. The van der Waals surface area contributed by atoms with Gasteiger partial charge in [-0.15, -0.1) is 0 Å². The molecule has 1 aromatic carbocycles. The van der Waals surface area contributed by atoms with Crippen LogP contribution in [0.5, 0.6) is 0 Å². The number of nitrogens with one attached hydrogen (secondary N) is 2. The Morgan fingerprint density at radius 3 is 2.70 bits per heavy atom. The summed E-state index contributed by atoms with van der Waals surface area (Å²) in [6, 6.07) is 4.48. The normalized spacial score (nSPS) is 11.6. The second-order valence-corrected chi connectivity index (χ2v) is 4.45. The van der Waals surface area contributed by atoms with Crippen LogP contribution in [-0.4, -0.2) is 31.6 Å². The number of esters is 1. The number of benzene rings is 1. The largest absolute Gasteiger partial charge is 0.465 e. The van der Waals surface area contributed by atoms with E-state index in [4.69, 9.17) is 5.73 Å². The van der Waals surface area contributed by atoms with Gasteiger partial charge in [0.1, 0.15) is 6.04 Å². The van der Waals surface area contributed by atoms with Gasteiger partial charge < -0.3 is 21.1 Å². The number of hydrogen-bond acceptors (Lipinski definition) is 5. The second kappa shape index (κ2) is 7.37. The van der Waals surface area contributed by atoms with Crippen LogP contribution in [0.25, 0.3) is 0 Å². The van der Waals surface area contributed by atoms with Crippen LogP contribution in [0.2, 0.25) is 0 Å². The van der Waals surface area contributed by atoms with Crippen molar-refractivity contribution < 1.29 is 14.3 Å². The lowest BCUT2D eigenvalue weighted by Crippen LogP contribution is -2.37. The van der Waals surface area contributed by atoms with Crippen molar-refractivity contribution in [2.45, 2.75) is 26.3 Å². The van der Waals surface area contributed by atoms with Crippen molar-refractivity contribution in [1.82, 2.24) is 5.32 Å². The molecule has 20 heavy (non-hydrogen) atoms. The minimum Gasteiger partial charge on any atom is -0.465 e. The number of ether oxygens (including phenoxy) is 1. The predicted molar refractivity (Wildman–Crippen MR) is 78.6 cm³/mol. The van der Waals surface area contributed by atoms with E-state index >= 15 is 0 Å². The first-order valence-electron chi connectivity index (χ1n) is 6.51. The van der Waals surface area contributed by atoms with Gasteiger partial charge in [-0.25, -0.2) is 4.79 Å². The number of rotatable bonds is 6. The fraction of sp³-hybridized carbons (Fsp3) is 0.429.